The van der Waals surface area contributed by atoms with Crippen LogP contribution >= 0.6 is 0 Å². The number of halogens is 2. The lowest BCUT2D eigenvalue weighted by Gasteiger charge is -2.24. The van der Waals surface area contributed by atoms with E-state index in [0.29, 0.717) is 0 Å². The first-order chi connectivity index (χ1) is 10.3. The van der Waals surface area contributed by atoms with Gasteiger partial charge in [-0.05, 0) is 19.1 Å². The number of rotatable bonds is 7. The Morgan fingerprint density at radius 2 is 1.77 bits per heavy atom. The molecular formula is C14H19F2NO5. The van der Waals surface area contributed by atoms with E-state index in [0.717, 1.165) is 0 Å². The van der Waals surface area contributed by atoms with E-state index < -0.39 is 17.9 Å². The summed E-state index contributed by atoms with van der Waals surface area (Å²) in [4.78, 5) is 11.4. The molecule has 6 nitrogen and oxygen atoms in total. The second-order valence-electron chi connectivity index (χ2n) is 4.24. The van der Waals surface area contributed by atoms with Crippen molar-refractivity contribution in [3.63, 3.8) is 0 Å². The van der Waals surface area contributed by atoms with Crippen molar-refractivity contribution in [2.75, 3.05) is 27.9 Å². The van der Waals surface area contributed by atoms with E-state index >= 15 is 0 Å². The van der Waals surface area contributed by atoms with Crippen LogP contribution in [0, 0.1) is 0 Å². The molecule has 0 unspecified atom stereocenters. The fourth-order valence-electron chi connectivity index (χ4n) is 1.92. The quantitative estimate of drug-likeness (QED) is 0.773. The fraction of sp³-hybridized carbons (Fsp3) is 0.500. The van der Waals surface area contributed by atoms with Crippen LogP contribution in [0.3, 0.4) is 0 Å². The van der Waals surface area contributed by atoms with Crippen LogP contribution in [0.1, 0.15) is 18.5 Å². The monoisotopic (exact) mass is 319 g/mol. The van der Waals surface area contributed by atoms with Crippen molar-refractivity contribution >= 4 is 5.97 Å². The highest BCUT2D eigenvalue weighted by molar-refractivity contribution is 5.79. The minimum Gasteiger partial charge on any atom is -0.493 e. The van der Waals surface area contributed by atoms with Gasteiger partial charge in [-0.2, -0.15) is 8.78 Å². The largest absolute Gasteiger partial charge is 0.493 e. The highest BCUT2D eigenvalue weighted by Gasteiger charge is 2.49. The molecule has 0 fully saturated rings. The number of carbonyl (C=O) groups excluding carboxylic acids is 1. The van der Waals surface area contributed by atoms with E-state index in [2.05, 4.69) is 4.74 Å². The second kappa shape index (κ2) is 7.26. The van der Waals surface area contributed by atoms with Crippen molar-refractivity contribution in [3.05, 3.63) is 17.7 Å². The van der Waals surface area contributed by atoms with Crippen LogP contribution in [0.25, 0.3) is 0 Å². The Kier molecular flexibility index (Phi) is 5.92. The first-order valence-electron chi connectivity index (χ1n) is 6.44. The van der Waals surface area contributed by atoms with Gasteiger partial charge in [-0.3, -0.25) is 0 Å². The van der Waals surface area contributed by atoms with Crippen molar-refractivity contribution < 1.29 is 32.5 Å². The maximum atomic E-state index is 14.1. The normalized spacial score (nSPS) is 12.5. The summed E-state index contributed by atoms with van der Waals surface area (Å²) < 4.78 is 47.8. The van der Waals surface area contributed by atoms with Gasteiger partial charge in [0.05, 0.1) is 27.9 Å². The zero-order valence-corrected chi connectivity index (χ0v) is 12.8. The molecule has 1 aromatic rings. The van der Waals surface area contributed by atoms with Crippen molar-refractivity contribution in [3.8, 4) is 17.2 Å². The van der Waals surface area contributed by atoms with Gasteiger partial charge < -0.3 is 24.7 Å². The summed E-state index contributed by atoms with van der Waals surface area (Å²) >= 11 is 0. The Hall–Kier alpha value is -2.09. The lowest BCUT2D eigenvalue weighted by molar-refractivity contribution is -0.174. The van der Waals surface area contributed by atoms with Crippen molar-refractivity contribution in [1.29, 1.82) is 0 Å². The van der Waals surface area contributed by atoms with Crippen LogP contribution in [0.15, 0.2) is 12.1 Å². The van der Waals surface area contributed by atoms with Gasteiger partial charge >= 0.3 is 11.9 Å². The van der Waals surface area contributed by atoms with Crippen LogP contribution in [-0.2, 0) is 9.53 Å². The molecule has 0 aliphatic rings. The molecule has 0 aliphatic heterocycles. The molecule has 8 heteroatoms. The zero-order chi connectivity index (χ0) is 16.9. The second-order valence-corrected chi connectivity index (χ2v) is 4.24. The average Bonchev–Trinajstić information content (AvgIpc) is 2.52. The van der Waals surface area contributed by atoms with Crippen molar-refractivity contribution in [1.82, 2.24) is 0 Å². The Labute approximate surface area is 127 Å². The Morgan fingerprint density at radius 3 is 2.23 bits per heavy atom. The molecule has 1 atom stereocenters. The number of ether oxygens (including phenoxy) is 4. The van der Waals surface area contributed by atoms with Crippen LogP contribution in [0.4, 0.5) is 8.78 Å². The van der Waals surface area contributed by atoms with E-state index in [9.17, 15) is 13.6 Å². The molecule has 0 aromatic heterocycles. The minimum atomic E-state index is -3.91. The highest BCUT2D eigenvalue weighted by Crippen LogP contribution is 2.44. The molecule has 0 saturated heterocycles. The minimum absolute atomic E-state index is 0.0293. The van der Waals surface area contributed by atoms with Gasteiger partial charge in [0, 0.05) is 5.56 Å². The number of hydrogen-bond donors (Lipinski definition) is 1. The molecule has 22 heavy (non-hydrogen) atoms. The van der Waals surface area contributed by atoms with Gasteiger partial charge in [0.2, 0.25) is 5.75 Å². The average molecular weight is 319 g/mol. The molecule has 1 rings (SSSR count). The van der Waals surface area contributed by atoms with Crippen LogP contribution < -0.4 is 19.9 Å². The smallest absolute Gasteiger partial charge is 0.379 e. The summed E-state index contributed by atoms with van der Waals surface area (Å²) in [6, 6.07) is 0.733. The maximum absolute atomic E-state index is 14.1. The molecule has 0 bridgehead atoms. The number of esters is 1. The molecule has 0 radical (unpaired) electrons. The van der Waals surface area contributed by atoms with Gasteiger partial charge in [-0.1, -0.05) is 0 Å². The third kappa shape index (κ3) is 3.22. The predicted octanol–water partition coefficient (Wildman–Crippen LogP) is 1.91. The summed E-state index contributed by atoms with van der Waals surface area (Å²) in [5.74, 6) is -5.24. The molecule has 0 heterocycles. The lowest BCUT2D eigenvalue weighted by atomic mass is 9.99. The van der Waals surface area contributed by atoms with E-state index in [1.54, 1.807) is 0 Å². The van der Waals surface area contributed by atoms with Crippen molar-refractivity contribution in [2.24, 2.45) is 5.73 Å². The standard InChI is InChI=1S/C14H19F2NO5/c1-5-22-13(18)14(15,16)12(17)8-6-7-9(19-2)11(21-4)10(8)20-3/h6-7,12H,5,17H2,1-4H3/t12-/m1/s1. The number of benzene rings is 1. The van der Waals surface area contributed by atoms with E-state index in [-0.39, 0.29) is 29.4 Å². The Morgan fingerprint density at radius 1 is 1.18 bits per heavy atom. The lowest BCUT2D eigenvalue weighted by Crippen LogP contribution is -2.41. The summed E-state index contributed by atoms with van der Waals surface area (Å²) in [6.07, 6.45) is 0. The van der Waals surface area contributed by atoms with Gasteiger partial charge in [0.15, 0.2) is 11.5 Å². The van der Waals surface area contributed by atoms with Crippen LogP contribution in [0.2, 0.25) is 0 Å². The number of alkyl halides is 2. The third-order valence-corrected chi connectivity index (χ3v) is 3.01. The SMILES string of the molecule is CCOC(=O)C(F)(F)[C@H](N)c1ccc(OC)c(OC)c1OC. The number of carbonyl (C=O) groups is 1. The van der Waals surface area contributed by atoms with Gasteiger partial charge in [-0.15, -0.1) is 0 Å². The van der Waals surface area contributed by atoms with Gasteiger partial charge in [0.25, 0.3) is 0 Å². The molecule has 2 N–H and O–H groups in total. The number of hydrogen-bond acceptors (Lipinski definition) is 6. The molecule has 0 aliphatic carbocycles. The summed E-state index contributed by atoms with van der Waals surface area (Å²) in [5, 5.41) is 0. The van der Waals surface area contributed by atoms with Crippen molar-refractivity contribution in [2.45, 2.75) is 18.9 Å². The first kappa shape index (κ1) is 18.0. The zero-order valence-electron chi connectivity index (χ0n) is 12.8. The maximum Gasteiger partial charge on any atom is 0.379 e. The molecule has 0 saturated carbocycles. The number of nitrogens with two attached hydrogens (primary N) is 1. The number of methoxy groups -OCH3 is 3. The summed E-state index contributed by atoms with van der Waals surface area (Å²) in [6.45, 7) is 1.25. The van der Waals surface area contributed by atoms with Gasteiger partial charge in [0.1, 0.15) is 6.04 Å². The molecule has 0 amide bonds. The molecule has 0 spiro atoms. The molecular weight excluding hydrogens is 300 g/mol. The summed E-state index contributed by atoms with van der Waals surface area (Å²) in [7, 11) is 4.00. The Balaban J connectivity index is 3.34. The first-order valence-corrected chi connectivity index (χ1v) is 6.44. The van der Waals surface area contributed by atoms with Crippen LogP contribution in [0.5, 0.6) is 17.2 Å². The van der Waals surface area contributed by atoms with E-state index in [1.807, 2.05) is 0 Å². The molecule has 1 aromatic carbocycles. The summed E-state index contributed by atoms with van der Waals surface area (Å²) in [5.41, 5.74) is 5.47. The Bertz CT molecular complexity index is 536. The van der Waals surface area contributed by atoms with Gasteiger partial charge in [-0.25, -0.2) is 4.79 Å². The molecule has 124 valence electrons. The predicted molar refractivity (Wildman–Crippen MR) is 74.6 cm³/mol. The third-order valence-electron chi connectivity index (χ3n) is 3.01. The fourth-order valence-corrected chi connectivity index (χ4v) is 1.92. The van der Waals surface area contributed by atoms with E-state index in [1.165, 1.54) is 40.4 Å². The highest BCUT2D eigenvalue weighted by atomic mass is 19.3. The topological polar surface area (TPSA) is 80.0 Å². The van der Waals surface area contributed by atoms with Crippen LogP contribution in [-0.4, -0.2) is 39.8 Å². The van der Waals surface area contributed by atoms with E-state index in [4.69, 9.17) is 19.9 Å².